The average molecular weight is 380 g/mol. The van der Waals surface area contributed by atoms with Gasteiger partial charge in [-0.1, -0.05) is 6.61 Å². The molecule has 122 valence electrons. The molecule has 0 aromatic carbocycles. The van der Waals surface area contributed by atoms with Gasteiger partial charge in [-0.2, -0.15) is 27.7 Å². The maximum atomic E-state index is 10.3. The van der Waals surface area contributed by atoms with E-state index in [1.54, 1.807) is 13.8 Å². The Hall–Kier alpha value is 0.540. The summed E-state index contributed by atoms with van der Waals surface area (Å²) in [5, 5.41) is 8.11. The van der Waals surface area contributed by atoms with Gasteiger partial charge in [-0.05, 0) is 0 Å². The molecule has 13 heteroatoms. The van der Waals surface area contributed by atoms with Gasteiger partial charge in [-0.25, -0.2) is 0 Å². The second kappa shape index (κ2) is 29.5. The molecule has 0 rings (SSSR count). The number of esters is 1. The first-order valence-electron chi connectivity index (χ1n) is 4.74. The van der Waals surface area contributed by atoms with Crippen molar-refractivity contribution in [2.75, 3.05) is 13.7 Å². The van der Waals surface area contributed by atoms with Crippen molar-refractivity contribution >= 4 is 27.2 Å². The van der Waals surface area contributed by atoms with Crippen molar-refractivity contribution in [3.8, 4) is 0 Å². The van der Waals surface area contributed by atoms with Crippen LogP contribution in [0, 0.1) is 11.8 Å². The van der Waals surface area contributed by atoms with Crippen LogP contribution in [0.15, 0.2) is 0 Å². The Balaban J connectivity index is -0.0000000387. The van der Waals surface area contributed by atoms with E-state index >= 15 is 0 Å². The molecular formula is C9H18Na2O9S2. The molecule has 0 aliphatic rings. The minimum absolute atomic E-state index is 0. The Morgan fingerprint density at radius 3 is 1.09 bits per heavy atom. The molecule has 0 heterocycles. The molecule has 0 aromatic rings. The number of hydrogen-bond acceptors (Lipinski definition) is 9. The van der Waals surface area contributed by atoms with Gasteiger partial charge in [-0.15, -0.1) is 25.3 Å². The third-order valence-electron chi connectivity index (χ3n) is 0.910. The van der Waals surface area contributed by atoms with Crippen LogP contribution in [0.5, 0.6) is 0 Å². The summed E-state index contributed by atoms with van der Waals surface area (Å²) in [6.45, 7) is 7.43. The van der Waals surface area contributed by atoms with E-state index < -0.39 is 21.2 Å². The summed E-state index contributed by atoms with van der Waals surface area (Å²) in [6.07, 6.45) is 0. The number of methoxy groups -OCH3 is 1. The predicted octanol–water partition coefficient (Wildman–Crippen LogP) is -6.63. The van der Waals surface area contributed by atoms with E-state index in [2.05, 4.69) is 4.74 Å². The van der Waals surface area contributed by atoms with Gasteiger partial charge in [0.15, 0.2) is 5.97 Å². The fraction of sp³-hybridized carbons (Fsp3) is 0.667. The standard InChI is InChI=1S/C5H9O2.C4H9O.2Na.2O3S/c1-4(2)5(6)7-3;1-4(2)3-5;;;2*1-4(2)3/h1-3H3;5H,3H2,1-2H3;;;;/q2*-1;2*+1;;. The molecular weight excluding hydrogens is 362 g/mol. The van der Waals surface area contributed by atoms with Crippen LogP contribution in [0.1, 0.15) is 27.7 Å². The molecule has 0 amide bonds. The normalized spacial score (nSPS) is 6.86. The Kier molecular flexibility index (Phi) is 51.3. The first-order valence-corrected chi connectivity index (χ1v) is 6.74. The summed E-state index contributed by atoms with van der Waals surface area (Å²) in [6, 6.07) is 0. The van der Waals surface area contributed by atoms with Crippen molar-refractivity contribution in [2.24, 2.45) is 0 Å². The molecule has 0 radical (unpaired) electrons. The molecule has 0 unspecified atom stereocenters. The first kappa shape index (κ1) is 38.2. The molecule has 1 N–H and O–H groups in total. The van der Waals surface area contributed by atoms with E-state index in [1.165, 1.54) is 7.11 Å². The topological polar surface area (TPSA) is 149 Å². The van der Waals surface area contributed by atoms with Gasteiger partial charge in [0.05, 0.1) is 7.11 Å². The SMILES string of the molecule is COC(=O)[C-](C)C.C[C-](C)CO.O=S(=O)=O.O=S(=O)=O.[Na+].[Na+]. The zero-order valence-corrected chi connectivity index (χ0v) is 19.4. The number of aliphatic hydroxyl groups is 1. The van der Waals surface area contributed by atoms with Crippen molar-refractivity contribution in [2.45, 2.75) is 27.7 Å². The van der Waals surface area contributed by atoms with Crippen LogP contribution in [0.3, 0.4) is 0 Å². The largest absolute Gasteiger partial charge is 1.00 e. The van der Waals surface area contributed by atoms with Crippen LogP contribution < -0.4 is 59.1 Å². The fourth-order valence-electron chi connectivity index (χ4n) is 0.204. The van der Waals surface area contributed by atoms with E-state index in [0.717, 1.165) is 5.92 Å². The minimum Gasteiger partial charge on any atom is -0.491 e. The number of rotatable bonds is 2. The Morgan fingerprint density at radius 1 is 0.909 bits per heavy atom. The molecule has 0 aromatic heterocycles. The first-order chi connectivity index (χ1) is 8.91. The monoisotopic (exact) mass is 380 g/mol. The molecule has 22 heavy (non-hydrogen) atoms. The Morgan fingerprint density at radius 2 is 1.09 bits per heavy atom. The van der Waals surface area contributed by atoms with Crippen LogP contribution in [0.2, 0.25) is 0 Å². The smallest absolute Gasteiger partial charge is 0.491 e. The molecule has 0 spiro atoms. The van der Waals surface area contributed by atoms with Gasteiger partial charge in [0.1, 0.15) is 0 Å². The summed E-state index contributed by atoms with van der Waals surface area (Å²) in [5.41, 5.74) is 0. The van der Waals surface area contributed by atoms with E-state index in [9.17, 15) is 4.79 Å². The van der Waals surface area contributed by atoms with Crippen molar-refractivity contribution in [3.05, 3.63) is 11.8 Å². The van der Waals surface area contributed by atoms with E-state index in [4.69, 9.17) is 30.4 Å². The molecule has 9 nitrogen and oxygen atoms in total. The second-order valence-corrected chi connectivity index (χ2v) is 4.08. The fourth-order valence-corrected chi connectivity index (χ4v) is 0.204. The van der Waals surface area contributed by atoms with Crippen molar-refractivity contribution in [3.63, 3.8) is 0 Å². The number of carbonyl (C=O) groups is 1. The van der Waals surface area contributed by atoms with Crippen LogP contribution in [-0.2, 0) is 30.7 Å². The maximum Gasteiger partial charge on any atom is 1.00 e. The quantitative estimate of drug-likeness (QED) is 0.280. The van der Waals surface area contributed by atoms with Gasteiger partial charge >= 0.3 is 80.3 Å². The number of aliphatic hydroxyl groups excluding tert-OH is 1. The van der Waals surface area contributed by atoms with Crippen LogP contribution in [0.4, 0.5) is 0 Å². The van der Waals surface area contributed by atoms with E-state index in [0.29, 0.717) is 5.92 Å². The van der Waals surface area contributed by atoms with Gasteiger partial charge < -0.3 is 9.84 Å². The molecule has 0 aliphatic carbocycles. The molecule has 0 atom stereocenters. The van der Waals surface area contributed by atoms with Crippen LogP contribution >= 0.6 is 0 Å². The molecule has 0 saturated carbocycles. The van der Waals surface area contributed by atoms with Gasteiger partial charge in [-0.3, -0.25) is 16.6 Å². The number of ether oxygens (including phenoxy) is 1. The third-order valence-corrected chi connectivity index (χ3v) is 0.910. The third kappa shape index (κ3) is 108. The summed E-state index contributed by atoms with van der Waals surface area (Å²) in [5.74, 6) is 1.51. The molecule has 0 fully saturated rings. The number of hydrogen-bond donors (Lipinski definition) is 1. The summed E-state index contributed by atoms with van der Waals surface area (Å²) in [4.78, 5) is 10.3. The predicted molar refractivity (Wildman–Crippen MR) is 67.7 cm³/mol. The molecule has 0 bridgehead atoms. The van der Waals surface area contributed by atoms with Crippen molar-refractivity contribution < 1.29 is 99.0 Å². The molecule has 0 saturated heterocycles. The summed E-state index contributed by atoms with van der Waals surface area (Å²) >= 11 is 0. The maximum absolute atomic E-state index is 10.3. The van der Waals surface area contributed by atoms with Crippen molar-refractivity contribution in [1.82, 2.24) is 0 Å². The average Bonchev–Trinajstić information content (AvgIpc) is 2.27. The Bertz CT molecular complexity index is 384. The Labute approximate surface area is 177 Å². The molecule has 0 aliphatic heterocycles. The van der Waals surface area contributed by atoms with E-state index in [-0.39, 0.29) is 71.7 Å². The van der Waals surface area contributed by atoms with E-state index in [1.807, 2.05) is 13.8 Å². The zero-order valence-electron chi connectivity index (χ0n) is 13.7. The number of carbonyl (C=O) groups excluding carboxylic acids is 1. The summed E-state index contributed by atoms with van der Waals surface area (Å²) < 4.78 is 55.0. The van der Waals surface area contributed by atoms with Gasteiger partial charge in [0, 0.05) is 0 Å². The van der Waals surface area contributed by atoms with Crippen molar-refractivity contribution in [1.29, 1.82) is 0 Å². The zero-order chi connectivity index (χ0) is 17.3. The van der Waals surface area contributed by atoms with Gasteiger partial charge in [0.25, 0.3) is 0 Å². The minimum atomic E-state index is -3.11. The van der Waals surface area contributed by atoms with Gasteiger partial charge in [0.2, 0.25) is 0 Å². The van der Waals surface area contributed by atoms with Crippen LogP contribution in [-0.4, -0.2) is 50.0 Å². The van der Waals surface area contributed by atoms with Crippen LogP contribution in [0.25, 0.3) is 0 Å². The second-order valence-electron chi connectivity index (χ2n) is 3.27. The summed E-state index contributed by atoms with van der Waals surface area (Å²) in [7, 11) is -4.85.